The summed E-state index contributed by atoms with van der Waals surface area (Å²) >= 11 is 1.36. The van der Waals surface area contributed by atoms with Gasteiger partial charge in [0.25, 0.3) is 0 Å². The molecule has 152 valence electrons. The molecular formula is C20H24N6O2S. The minimum atomic E-state index is -0.0827. The molecule has 1 aliphatic rings. The van der Waals surface area contributed by atoms with Gasteiger partial charge >= 0.3 is 0 Å². The highest BCUT2D eigenvalue weighted by molar-refractivity contribution is 7.99. The summed E-state index contributed by atoms with van der Waals surface area (Å²) in [5.74, 6) is 2.42. The van der Waals surface area contributed by atoms with Crippen molar-refractivity contribution in [2.24, 2.45) is 7.05 Å². The van der Waals surface area contributed by atoms with E-state index in [0.717, 1.165) is 35.8 Å². The van der Waals surface area contributed by atoms with Gasteiger partial charge in [0.1, 0.15) is 11.6 Å². The van der Waals surface area contributed by atoms with Gasteiger partial charge in [0.2, 0.25) is 5.91 Å². The SMILES string of the molecule is COc1cccc(-c2nnc(SCC(=O)Nc3ccnn3C3CCCC3)n2C)c1. The molecule has 2 aromatic heterocycles. The second-order valence-electron chi connectivity index (χ2n) is 7.03. The average Bonchev–Trinajstić information content (AvgIpc) is 3.48. The van der Waals surface area contributed by atoms with Crippen LogP contribution in [0.5, 0.6) is 5.75 Å². The molecule has 0 atom stereocenters. The van der Waals surface area contributed by atoms with Gasteiger partial charge in [-0.1, -0.05) is 36.7 Å². The van der Waals surface area contributed by atoms with Crippen LogP contribution in [0.2, 0.25) is 0 Å². The quantitative estimate of drug-likeness (QED) is 0.598. The lowest BCUT2D eigenvalue weighted by Crippen LogP contribution is -2.19. The van der Waals surface area contributed by atoms with Crippen LogP contribution < -0.4 is 10.1 Å². The second kappa shape index (κ2) is 8.69. The molecule has 3 aromatic rings. The molecule has 8 nitrogen and oxygen atoms in total. The van der Waals surface area contributed by atoms with Crippen LogP contribution in [0.3, 0.4) is 0 Å². The number of nitrogens with one attached hydrogen (secondary N) is 1. The van der Waals surface area contributed by atoms with Gasteiger partial charge in [0, 0.05) is 18.7 Å². The number of anilines is 1. The molecule has 0 radical (unpaired) electrons. The fraction of sp³-hybridized carbons (Fsp3) is 0.400. The highest BCUT2D eigenvalue weighted by atomic mass is 32.2. The summed E-state index contributed by atoms with van der Waals surface area (Å²) in [6, 6.07) is 9.90. The Bertz CT molecular complexity index is 993. The number of aromatic nitrogens is 5. The molecule has 1 fully saturated rings. The lowest BCUT2D eigenvalue weighted by Gasteiger charge is -2.14. The van der Waals surface area contributed by atoms with Crippen LogP contribution >= 0.6 is 11.8 Å². The molecule has 1 aliphatic carbocycles. The maximum absolute atomic E-state index is 12.5. The van der Waals surface area contributed by atoms with E-state index in [1.807, 2.05) is 46.6 Å². The van der Waals surface area contributed by atoms with Crippen molar-refractivity contribution in [1.29, 1.82) is 0 Å². The Balaban J connectivity index is 1.39. The number of thioether (sulfide) groups is 1. The number of methoxy groups -OCH3 is 1. The highest BCUT2D eigenvalue weighted by Gasteiger charge is 2.21. The molecule has 0 aliphatic heterocycles. The summed E-state index contributed by atoms with van der Waals surface area (Å²) in [6.07, 6.45) is 6.41. The van der Waals surface area contributed by atoms with Crippen molar-refractivity contribution in [3.8, 4) is 17.1 Å². The maximum atomic E-state index is 12.5. The third-order valence-corrected chi connectivity index (χ3v) is 6.12. The summed E-state index contributed by atoms with van der Waals surface area (Å²) in [4.78, 5) is 12.5. The van der Waals surface area contributed by atoms with E-state index in [0.29, 0.717) is 11.2 Å². The van der Waals surface area contributed by atoms with Gasteiger partial charge in [-0.2, -0.15) is 5.10 Å². The Kier molecular flexibility index (Phi) is 5.84. The predicted molar refractivity (Wildman–Crippen MR) is 112 cm³/mol. The Morgan fingerprint density at radius 2 is 2.10 bits per heavy atom. The summed E-state index contributed by atoms with van der Waals surface area (Å²) in [6.45, 7) is 0. The van der Waals surface area contributed by atoms with E-state index in [2.05, 4.69) is 20.6 Å². The number of nitrogens with zero attached hydrogens (tertiary/aromatic N) is 5. The van der Waals surface area contributed by atoms with Gasteiger partial charge in [-0.3, -0.25) is 4.79 Å². The molecule has 1 saturated carbocycles. The van der Waals surface area contributed by atoms with Crippen molar-refractivity contribution >= 4 is 23.5 Å². The molecule has 2 heterocycles. The Labute approximate surface area is 173 Å². The van der Waals surface area contributed by atoms with Crippen molar-refractivity contribution in [3.05, 3.63) is 36.5 Å². The second-order valence-corrected chi connectivity index (χ2v) is 7.98. The van der Waals surface area contributed by atoms with Crippen molar-refractivity contribution in [2.45, 2.75) is 36.9 Å². The third kappa shape index (κ3) is 4.29. The Morgan fingerprint density at radius 3 is 2.90 bits per heavy atom. The molecular weight excluding hydrogens is 388 g/mol. The molecule has 1 aromatic carbocycles. The molecule has 0 spiro atoms. The molecule has 1 amide bonds. The van der Waals surface area contributed by atoms with Crippen LogP contribution in [-0.4, -0.2) is 43.3 Å². The first-order valence-electron chi connectivity index (χ1n) is 9.65. The minimum absolute atomic E-state index is 0.0827. The van der Waals surface area contributed by atoms with Crippen LogP contribution in [0.15, 0.2) is 41.7 Å². The van der Waals surface area contributed by atoms with Gasteiger partial charge in [-0.15, -0.1) is 10.2 Å². The minimum Gasteiger partial charge on any atom is -0.497 e. The predicted octanol–water partition coefficient (Wildman–Crippen LogP) is 3.53. The van der Waals surface area contributed by atoms with E-state index in [1.165, 1.54) is 24.6 Å². The molecule has 0 bridgehead atoms. The largest absolute Gasteiger partial charge is 0.497 e. The molecule has 0 saturated heterocycles. The van der Waals surface area contributed by atoms with Gasteiger partial charge in [0.15, 0.2) is 11.0 Å². The fourth-order valence-corrected chi connectivity index (χ4v) is 4.33. The Morgan fingerprint density at radius 1 is 1.28 bits per heavy atom. The number of rotatable bonds is 7. The molecule has 1 N–H and O–H groups in total. The summed E-state index contributed by atoms with van der Waals surface area (Å²) < 4.78 is 9.10. The van der Waals surface area contributed by atoms with E-state index in [9.17, 15) is 4.79 Å². The van der Waals surface area contributed by atoms with Crippen LogP contribution in [-0.2, 0) is 11.8 Å². The number of benzene rings is 1. The first kappa shape index (κ1) is 19.5. The normalized spacial score (nSPS) is 14.3. The number of hydrogen-bond donors (Lipinski definition) is 1. The Hall–Kier alpha value is -2.81. The van der Waals surface area contributed by atoms with Gasteiger partial charge in [0.05, 0.1) is 25.1 Å². The number of amides is 1. The van der Waals surface area contributed by atoms with Gasteiger partial charge < -0.3 is 14.6 Å². The summed E-state index contributed by atoms with van der Waals surface area (Å²) in [5.41, 5.74) is 0.913. The number of ether oxygens (including phenoxy) is 1. The molecule has 0 unspecified atom stereocenters. The van der Waals surface area contributed by atoms with Gasteiger partial charge in [-0.25, -0.2) is 4.68 Å². The lowest BCUT2D eigenvalue weighted by atomic mass is 10.2. The molecule has 9 heteroatoms. The maximum Gasteiger partial charge on any atom is 0.235 e. The van der Waals surface area contributed by atoms with E-state index >= 15 is 0 Å². The van der Waals surface area contributed by atoms with E-state index in [1.54, 1.807) is 13.3 Å². The first-order valence-corrected chi connectivity index (χ1v) is 10.6. The van der Waals surface area contributed by atoms with Crippen molar-refractivity contribution in [2.75, 3.05) is 18.2 Å². The number of carbonyl (C=O) groups is 1. The molecule has 29 heavy (non-hydrogen) atoms. The monoisotopic (exact) mass is 412 g/mol. The standard InChI is InChI=1S/C20H24N6O2S/c1-25-19(14-6-5-9-16(12-14)28-2)23-24-20(25)29-13-18(27)22-17-10-11-21-26(17)15-7-3-4-8-15/h5-6,9-12,15H,3-4,7-8,13H2,1-2H3,(H,22,27). The molecule has 4 rings (SSSR count). The van der Waals surface area contributed by atoms with Crippen LogP contribution in [0.25, 0.3) is 11.4 Å². The zero-order valence-corrected chi connectivity index (χ0v) is 17.4. The third-order valence-electron chi connectivity index (χ3n) is 5.10. The van der Waals surface area contributed by atoms with E-state index in [4.69, 9.17) is 4.74 Å². The lowest BCUT2D eigenvalue weighted by molar-refractivity contribution is -0.113. The van der Waals surface area contributed by atoms with Crippen LogP contribution in [0, 0.1) is 0 Å². The van der Waals surface area contributed by atoms with Crippen molar-refractivity contribution in [1.82, 2.24) is 24.5 Å². The highest BCUT2D eigenvalue weighted by Crippen LogP contribution is 2.31. The zero-order valence-electron chi connectivity index (χ0n) is 16.5. The average molecular weight is 413 g/mol. The van der Waals surface area contributed by atoms with Crippen molar-refractivity contribution < 1.29 is 9.53 Å². The van der Waals surface area contributed by atoms with Crippen LogP contribution in [0.4, 0.5) is 5.82 Å². The number of carbonyl (C=O) groups excluding carboxylic acids is 1. The van der Waals surface area contributed by atoms with Crippen molar-refractivity contribution in [3.63, 3.8) is 0 Å². The summed E-state index contributed by atoms with van der Waals surface area (Å²) in [7, 11) is 3.53. The summed E-state index contributed by atoms with van der Waals surface area (Å²) in [5, 5.41) is 16.6. The number of hydrogen-bond acceptors (Lipinski definition) is 6. The zero-order chi connectivity index (χ0) is 20.2. The first-order chi connectivity index (χ1) is 14.2. The van der Waals surface area contributed by atoms with Crippen LogP contribution in [0.1, 0.15) is 31.7 Å². The smallest absolute Gasteiger partial charge is 0.235 e. The van der Waals surface area contributed by atoms with E-state index in [-0.39, 0.29) is 11.7 Å². The van der Waals surface area contributed by atoms with E-state index < -0.39 is 0 Å². The topological polar surface area (TPSA) is 86.9 Å². The fourth-order valence-electron chi connectivity index (χ4n) is 3.62. The van der Waals surface area contributed by atoms with Gasteiger partial charge in [-0.05, 0) is 25.0 Å².